The summed E-state index contributed by atoms with van der Waals surface area (Å²) in [6.45, 7) is 0. The summed E-state index contributed by atoms with van der Waals surface area (Å²) in [4.78, 5) is 43.6. The predicted molar refractivity (Wildman–Crippen MR) is 265 cm³/mol. The molecule has 0 radical (unpaired) electrons. The zero-order valence-electron chi connectivity index (χ0n) is 35.3. The van der Waals surface area contributed by atoms with E-state index in [1.807, 2.05) is 206 Å². The van der Waals surface area contributed by atoms with Crippen LogP contribution in [-0.4, -0.2) is 27.4 Å². The van der Waals surface area contributed by atoms with Crippen LogP contribution in [-0.2, 0) is 0 Å². The van der Waals surface area contributed by atoms with Gasteiger partial charge < -0.3 is 0 Å². The van der Waals surface area contributed by atoms with Gasteiger partial charge in [-0.3, -0.25) is 27.4 Å². The Hall–Kier alpha value is -9.21. The molecule has 0 N–H and O–H groups in total. The molecule has 0 fully saturated rings. The first-order valence-corrected chi connectivity index (χ1v) is 21.7. The standard InChI is InChI=1S/C57H38N6O3/c64-55-58(43-29-33-45(34-30-43)60-51-25-9-11-27-53(51)62(56(60)65)47-21-13-19-41(37-47)39-15-3-1-4-16-39)49-23-7-8-24-50(49)59(55)44-31-35-46(36-32-44)61-52-26-10-12-28-54(52)63(57(61)66)48-22-14-20-42(38-48)40-17-5-2-6-18-40/h1-38H. The lowest BCUT2D eigenvalue weighted by Crippen LogP contribution is -2.23. The van der Waals surface area contributed by atoms with Crippen molar-refractivity contribution in [1.82, 2.24) is 27.4 Å². The smallest absolute Gasteiger partial charge is 0.260 e. The summed E-state index contributed by atoms with van der Waals surface area (Å²) in [6, 6.07) is 74.6. The molecular formula is C57H38N6O3. The molecule has 0 saturated heterocycles. The maximum atomic E-state index is 14.6. The van der Waals surface area contributed by atoms with Gasteiger partial charge in [-0.25, -0.2) is 14.4 Å². The van der Waals surface area contributed by atoms with E-state index in [1.54, 1.807) is 27.4 Å². The van der Waals surface area contributed by atoms with Gasteiger partial charge in [0.2, 0.25) is 0 Å². The molecule has 9 heteroatoms. The van der Waals surface area contributed by atoms with Crippen LogP contribution < -0.4 is 17.1 Å². The van der Waals surface area contributed by atoms with Crippen molar-refractivity contribution < 1.29 is 0 Å². The largest absolute Gasteiger partial charge is 0.338 e. The first kappa shape index (κ1) is 38.5. The molecule has 0 aliphatic carbocycles. The van der Waals surface area contributed by atoms with Crippen LogP contribution in [0.2, 0.25) is 0 Å². The average Bonchev–Trinajstić information content (AvgIpc) is 3.97. The number of hydrogen-bond donors (Lipinski definition) is 0. The minimum absolute atomic E-state index is 0.199. The van der Waals surface area contributed by atoms with Gasteiger partial charge in [-0.1, -0.05) is 121 Å². The minimum Gasteiger partial charge on any atom is -0.260 e. The van der Waals surface area contributed by atoms with Crippen LogP contribution in [0.15, 0.2) is 245 Å². The highest BCUT2D eigenvalue weighted by Gasteiger charge is 2.21. The van der Waals surface area contributed by atoms with Crippen molar-refractivity contribution in [3.63, 3.8) is 0 Å². The number of benzene rings is 9. The molecule has 12 rings (SSSR count). The van der Waals surface area contributed by atoms with Crippen LogP contribution in [0.1, 0.15) is 0 Å². The van der Waals surface area contributed by atoms with Gasteiger partial charge in [0.1, 0.15) is 0 Å². The van der Waals surface area contributed by atoms with Crippen molar-refractivity contribution in [3.05, 3.63) is 262 Å². The number of rotatable bonds is 8. The van der Waals surface area contributed by atoms with E-state index in [1.165, 1.54) is 0 Å². The van der Waals surface area contributed by atoms with Crippen LogP contribution in [0.25, 0.3) is 89.5 Å². The van der Waals surface area contributed by atoms with Gasteiger partial charge in [0.25, 0.3) is 0 Å². The molecule has 0 atom stereocenters. The number of aromatic nitrogens is 6. The Bertz CT molecular complexity index is 3720. The Morgan fingerprint density at radius 3 is 0.697 bits per heavy atom. The van der Waals surface area contributed by atoms with Crippen molar-refractivity contribution in [2.75, 3.05) is 0 Å². The van der Waals surface area contributed by atoms with Crippen molar-refractivity contribution in [3.8, 4) is 56.4 Å². The Labute approximate surface area is 377 Å². The van der Waals surface area contributed by atoms with E-state index in [9.17, 15) is 14.4 Å². The Kier molecular flexibility index (Phi) is 9.06. The molecule has 12 aromatic rings. The molecule has 9 nitrogen and oxygen atoms in total. The second-order valence-electron chi connectivity index (χ2n) is 16.2. The number of nitrogens with zero attached hydrogens (tertiary/aromatic N) is 6. The van der Waals surface area contributed by atoms with Gasteiger partial charge >= 0.3 is 17.1 Å². The normalized spacial score (nSPS) is 11.5. The monoisotopic (exact) mass is 854 g/mol. The van der Waals surface area contributed by atoms with Crippen LogP contribution in [0, 0.1) is 0 Å². The van der Waals surface area contributed by atoms with Gasteiger partial charge in [-0.15, -0.1) is 0 Å². The van der Waals surface area contributed by atoms with E-state index in [-0.39, 0.29) is 17.1 Å². The molecule has 0 bridgehead atoms. The first-order valence-electron chi connectivity index (χ1n) is 21.7. The lowest BCUT2D eigenvalue weighted by molar-refractivity contribution is 0.915. The fourth-order valence-electron chi connectivity index (χ4n) is 9.35. The van der Waals surface area contributed by atoms with E-state index in [2.05, 4.69) is 24.3 Å². The van der Waals surface area contributed by atoms with E-state index < -0.39 is 0 Å². The van der Waals surface area contributed by atoms with Gasteiger partial charge in [0.05, 0.1) is 67.2 Å². The van der Waals surface area contributed by atoms with Crippen molar-refractivity contribution >= 4 is 33.1 Å². The molecule has 0 spiro atoms. The summed E-state index contributed by atoms with van der Waals surface area (Å²) in [5.41, 5.74) is 12.2. The van der Waals surface area contributed by atoms with Crippen molar-refractivity contribution in [2.24, 2.45) is 0 Å². The third kappa shape index (κ3) is 6.21. The maximum absolute atomic E-state index is 14.6. The SMILES string of the molecule is O=c1n(-c2ccc(-n3c(=O)n(-c4cccc(-c5ccccc5)c4)c4ccccc43)cc2)c2ccccc2n1-c1ccc(-n2c(=O)n(-c3cccc(-c4ccccc4)c3)c3ccccc32)cc1. The molecule has 9 aromatic carbocycles. The fraction of sp³-hybridized carbons (Fsp3) is 0. The molecule has 0 aliphatic heterocycles. The van der Waals surface area contributed by atoms with Gasteiger partial charge in [0.15, 0.2) is 0 Å². The molecule has 314 valence electrons. The zero-order valence-corrected chi connectivity index (χ0v) is 35.3. The zero-order chi connectivity index (χ0) is 44.3. The summed E-state index contributed by atoms with van der Waals surface area (Å²) in [5, 5.41) is 0. The second-order valence-corrected chi connectivity index (χ2v) is 16.2. The molecule has 0 saturated carbocycles. The third-order valence-electron chi connectivity index (χ3n) is 12.4. The maximum Gasteiger partial charge on any atom is 0.338 e. The summed E-state index contributed by atoms with van der Waals surface area (Å²) in [5.74, 6) is 0. The summed E-state index contributed by atoms with van der Waals surface area (Å²) < 4.78 is 10.3. The number of hydrogen-bond acceptors (Lipinski definition) is 3. The molecule has 0 amide bonds. The van der Waals surface area contributed by atoms with Gasteiger partial charge in [-0.2, -0.15) is 0 Å². The number of fused-ring (bicyclic) bond motifs is 3. The predicted octanol–water partition coefficient (Wildman–Crippen LogP) is 11.3. The average molecular weight is 855 g/mol. The molecule has 0 unspecified atom stereocenters. The van der Waals surface area contributed by atoms with Crippen LogP contribution in [0.4, 0.5) is 0 Å². The fourth-order valence-corrected chi connectivity index (χ4v) is 9.35. The first-order chi connectivity index (χ1) is 32.5. The molecule has 0 aliphatic rings. The third-order valence-corrected chi connectivity index (χ3v) is 12.4. The van der Waals surface area contributed by atoms with Crippen LogP contribution in [0.3, 0.4) is 0 Å². The number of imidazole rings is 3. The highest BCUT2D eigenvalue weighted by atomic mass is 16.2. The highest BCUT2D eigenvalue weighted by Crippen LogP contribution is 2.29. The van der Waals surface area contributed by atoms with Crippen LogP contribution in [0.5, 0.6) is 0 Å². The lowest BCUT2D eigenvalue weighted by Gasteiger charge is -2.08. The summed E-state index contributed by atoms with van der Waals surface area (Å²) in [7, 11) is 0. The quantitative estimate of drug-likeness (QED) is 0.153. The topological polar surface area (TPSA) is 80.8 Å². The molecular weight excluding hydrogens is 817 g/mol. The van der Waals surface area contributed by atoms with Crippen molar-refractivity contribution in [1.29, 1.82) is 0 Å². The summed E-state index contributed by atoms with van der Waals surface area (Å²) >= 11 is 0. The highest BCUT2D eigenvalue weighted by molar-refractivity contribution is 5.83. The van der Waals surface area contributed by atoms with E-state index in [0.717, 1.165) is 66.7 Å². The summed E-state index contributed by atoms with van der Waals surface area (Å²) in [6.07, 6.45) is 0. The van der Waals surface area contributed by atoms with E-state index in [0.29, 0.717) is 22.7 Å². The Morgan fingerprint density at radius 2 is 0.424 bits per heavy atom. The number of para-hydroxylation sites is 6. The van der Waals surface area contributed by atoms with E-state index in [4.69, 9.17) is 0 Å². The lowest BCUT2D eigenvalue weighted by atomic mass is 10.1. The Morgan fingerprint density at radius 1 is 0.197 bits per heavy atom. The minimum atomic E-state index is -0.254. The van der Waals surface area contributed by atoms with Gasteiger partial charge in [-0.05, 0) is 131 Å². The van der Waals surface area contributed by atoms with E-state index >= 15 is 0 Å². The molecule has 3 heterocycles. The van der Waals surface area contributed by atoms with Gasteiger partial charge in [0, 0.05) is 0 Å². The molecule has 3 aromatic heterocycles. The second kappa shape index (κ2) is 15.5. The Balaban J connectivity index is 0.911. The van der Waals surface area contributed by atoms with Crippen molar-refractivity contribution in [2.45, 2.75) is 0 Å². The molecule has 66 heavy (non-hydrogen) atoms. The van der Waals surface area contributed by atoms with Crippen LogP contribution >= 0.6 is 0 Å².